The molecule has 3 N–H and O–H groups in total. The third-order valence-corrected chi connectivity index (χ3v) is 9.58. The van der Waals surface area contributed by atoms with Gasteiger partial charge in [-0.3, -0.25) is 19.2 Å². The van der Waals surface area contributed by atoms with Crippen molar-refractivity contribution in [2.75, 3.05) is 25.5 Å². The summed E-state index contributed by atoms with van der Waals surface area (Å²) in [7, 11) is 1.76. The number of benzene rings is 3. The maximum absolute atomic E-state index is 14.8. The third kappa shape index (κ3) is 17.6. The van der Waals surface area contributed by atoms with Crippen LogP contribution in [0.3, 0.4) is 0 Å². The van der Waals surface area contributed by atoms with Crippen LogP contribution in [0.5, 0.6) is 5.75 Å². The van der Waals surface area contributed by atoms with Crippen LogP contribution in [0.4, 0.5) is 10.1 Å². The number of carbonyl (C=O) groups excluding carboxylic acids is 5. The monoisotopic (exact) mass is 803 g/mol. The minimum atomic E-state index is -0.845. The number of ketones is 1. The normalized spacial score (nSPS) is 12.3. The van der Waals surface area contributed by atoms with Crippen molar-refractivity contribution in [3.63, 3.8) is 0 Å². The molecule has 0 bridgehead atoms. The highest BCUT2D eigenvalue weighted by Gasteiger charge is 2.28. The van der Waals surface area contributed by atoms with E-state index in [9.17, 15) is 28.4 Å². The number of ether oxygens (including phenoxy) is 1. The average Bonchev–Trinajstić information content (AvgIpc) is 3.15. The minimum Gasteiger partial charge on any atom is -0.493 e. The first-order chi connectivity index (χ1) is 27.2. The van der Waals surface area contributed by atoms with E-state index in [0.29, 0.717) is 60.9 Å². The Balaban J connectivity index is 0.00000571. The lowest BCUT2D eigenvalue weighted by Crippen LogP contribution is -2.45. The maximum Gasteiger partial charge on any atom is 0.254 e. The van der Waals surface area contributed by atoms with Crippen LogP contribution in [0.15, 0.2) is 66.7 Å². The zero-order chi connectivity index (χ0) is 43.6. The molecule has 1 unspecified atom stereocenters. The molecular formula is C47H67FN4O6. The van der Waals surface area contributed by atoms with Crippen LogP contribution in [0, 0.1) is 22.6 Å². The zero-order valence-electron chi connectivity index (χ0n) is 36.6. The highest BCUT2D eigenvalue weighted by molar-refractivity contribution is 6.01. The van der Waals surface area contributed by atoms with Crippen molar-refractivity contribution in [1.29, 1.82) is 0 Å². The van der Waals surface area contributed by atoms with E-state index in [4.69, 9.17) is 4.74 Å². The predicted molar refractivity (Wildman–Crippen MR) is 230 cm³/mol. The summed E-state index contributed by atoms with van der Waals surface area (Å²) in [5, 5.41) is 8.53. The van der Waals surface area contributed by atoms with Crippen molar-refractivity contribution in [3.8, 4) is 5.75 Å². The molecule has 0 spiro atoms. The average molecular weight is 803 g/mol. The quantitative estimate of drug-likeness (QED) is 0.104. The number of likely N-dealkylation sites (N-methyl/N-ethyl adjacent to an activating group) is 1. The van der Waals surface area contributed by atoms with Crippen LogP contribution >= 0.6 is 0 Å². The van der Waals surface area contributed by atoms with Crippen molar-refractivity contribution in [3.05, 3.63) is 94.8 Å². The number of hydrogen-bond donors (Lipinski definition) is 3. The molecule has 2 atom stereocenters. The summed E-state index contributed by atoms with van der Waals surface area (Å²) in [6.45, 7) is 20.6. The molecule has 58 heavy (non-hydrogen) atoms. The minimum absolute atomic E-state index is 0.0158. The van der Waals surface area contributed by atoms with Gasteiger partial charge in [-0.1, -0.05) is 93.0 Å². The second-order valence-corrected chi connectivity index (χ2v) is 16.9. The first-order valence-electron chi connectivity index (χ1n) is 20.5. The molecule has 0 aliphatic rings. The van der Waals surface area contributed by atoms with Crippen LogP contribution in [-0.2, 0) is 27.3 Å². The van der Waals surface area contributed by atoms with E-state index < -0.39 is 29.1 Å². The first-order valence-corrected chi connectivity index (χ1v) is 20.5. The van der Waals surface area contributed by atoms with E-state index in [0.717, 1.165) is 18.4 Å². The molecule has 10 nitrogen and oxygen atoms in total. The Hall–Kier alpha value is -5.06. The van der Waals surface area contributed by atoms with Gasteiger partial charge in [0.05, 0.1) is 12.2 Å². The number of carbonyl (C=O) groups is 5. The molecule has 0 heterocycles. The predicted octanol–water partition coefficient (Wildman–Crippen LogP) is 9.17. The summed E-state index contributed by atoms with van der Waals surface area (Å²) in [5.41, 5.74) is 1.69. The molecule has 3 rings (SSSR count). The topological polar surface area (TPSA) is 134 Å². The Bertz CT molecular complexity index is 1820. The second-order valence-electron chi connectivity index (χ2n) is 16.9. The van der Waals surface area contributed by atoms with Crippen molar-refractivity contribution in [1.82, 2.24) is 15.5 Å². The largest absolute Gasteiger partial charge is 0.493 e. The number of rotatable bonds is 20. The van der Waals surface area contributed by atoms with E-state index in [1.807, 2.05) is 60.6 Å². The summed E-state index contributed by atoms with van der Waals surface area (Å²) < 4.78 is 20.5. The van der Waals surface area contributed by atoms with E-state index in [1.165, 1.54) is 19.1 Å². The molecule has 0 aromatic heterocycles. The van der Waals surface area contributed by atoms with Crippen LogP contribution < -0.4 is 20.7 Å². The molecule has 3 aromatic rings. The number of halogens is 1. The second kappa shape index (κ2) is 23.4. The van der Waals surface area contributed by atoms with E-state index in [2.05, 4.69) is 29.8 Å². The van der Waals surface area contributed by atoms with E-state index in [1.54, 1.807) is 54.4 Å². The van der Waals surface area contributed by atoms with Crippen molar-refractivity contribution >= 4 is 35.1 Å². The van der Waals surface area contributed by atoms with Gasteiger partial charge in [-0.15, -0.1) is 0 Å². The van der Waals surface area contributed by atoms with Crippen molar-refractivity contribution in [2.24, 2.45) is 16.7 Å². The summed E-state index contributed by atoms with van der Waals surface area (Å²) in [4.78, 5) is 65.9. The van der Waals surface area contributed by atoms with E-state index in [-0.39, 0.29) is 41.5 Å². The van der Waals surface area contributed by atoms with Gasteiger partial charge in [0.1, 0.15) is 23.4 Å². The number of nitrogens with one attached hydrogen (secondary N) is 3. The Morgan fingerprint density at radius 1 is 0.862 bits per heavy atom. The molecule has 0 saturated carbocycles. The SMILES string of the molecule is CC.CCC(C)CCOc1ccc(C(=O)NCc2cccc(C(=O)N[C@@H](CC(C)(C)C)C(=O)Nc3ccc(CCN(C)C(=O)CC(C)(C)CC(C)=O)cc3)c2)c(F)c1. The van der Waals surface area contributed by atoms with Gasteiger partial charge in [0.15, 0.2) is 0 Å². The van der Waals surface area contributed by atoms with Gasteiger partial charge in [-0.25, -0.2) is 4.39 Å². The molecule has 0 fully saturated rings. The molecule has 0 aliphatic carbocycles. The highest BCUT2D eigenvalue weighted by atomic mass is 19.1. The first kappa shape index (κ1) is 49.1. The molecule has 0 saturated heterocycles. The van der Waals surface area contributed by atoms with Gasteiger partial charge in [0, 0.05) is 50.3 Å². The zero-order valence-corrected chi connectivity index (χ0v) is 36.6. The maximum atomic E-state index is 14.8. The molecule has 3 aromatic carbocycles. The van der Waals surface area contributed by atoms with E-state index >= 15 is 0 Å². The van der Waals surface area contributed by atoms with Gasteiger partial charge in [0.25, 0.3) is 11.8 Å². The fraction of sp³-hybridized carbons (Fsp3) is 0.511. The summed E-state index contributed by atoms with van der Waals surface area (Å²) in [5.74, 6) is -1.18. The Labute approximate surface area is 346 Å². The number of nitrogens with zero attached hydrogens (tertiary/aromatic N) is 1. The molecule has 318 valence electrons. The Morgan fingerprint density at radius 2 is 1.53 bits per heavy atom. The smallest absolute Gasteiger partial charge is 0.254 e. The van der Waals surface area contributed by atoms with Gasteiger partial charge >= 0.3 is 0 Å². The number of Topliss-reactive ketones (excluding diaryl/α,β-unsaturated/α-hetero) is 1. The van der Waals surface area contributed by atoms with Crippen LogP contribution in [0.25, 0.3) is 0 Å². The van der Waals surface area contributed by atoms with Crippen LogP contribution in [0.2, 0.25) is 0 Å². The molecule has 0 aliphatic heterocycles. The summed E-state index contributed by atoms with van der Waals surface area (Å²) in [6, 6.07) is 17.4. The molecule has 11 heteroatoms. The lowest BCUT2D eigenvalue weighted by Gasteiger charge is -2.26. The third-order valence-electron chi connectivity index (χ3n) is 9.58. The van der Waals surface area contributed by atoms with Crippen molar-refractivity contribution in [2.45, 2.75) is 120 Å². The molecule has 0 radical (unpaired) electrons. The highest BCUT2D eigenvalue weighted by Crippen LogP contribution is 2.27. The number of anilines is 1. The Kier molecular flexibility index (Phi) is 19.8. The van der Waals surface area contributed by atoms with Gasteiger partial charge in [0.2, 0.25) is 11.8 Å². The fourth-order valence-corrected chi connectivity index (χ4v) is 6.20. The van der Waals surface area contributed by atoms with Gasteiger partial charge in [-0.2, -0.15) is 0 Å². The fourth-order valence-electron chi connectivity index (χ4n) is 6.20. The standard InChI is InChI=1S/C45H61FN4O6.C2H6/c1-10-30(2)21-23-56-36-18-19-37(38(46)25-36)42(54)47-29-33-12-11-13-34(24-33)41(53)49-39(27-44(4,5)6)43(55)48-35-16-14-32(15-17-35)20-22-50(9)40(52)28-45(7,8)26-31(3)51;1-2/h11-19,24-25,30,39H,10,20-23,26-29H2,1-9H3,(H,47,54)(H,48,55)(H,49,53);1-2H3/t30?,39-;/m0./s1. The Morgan fingerprint density at radius 3 is 2.14 bits per heavy atom. The lowest BCUT2D eigenvalue weighted by atomic mass is 9.84. The summed E-state index contributed by atoms with van der Waals surface area (Å²) >= 11 is 0. The molecular weight excluding hydrogens is 736 g/mol. The van der Waals surface area contributed by atoms with Gasteiger partial charge in [-0.05, 0) is 90.5 Å². The lowest BCUT2D eigenvalue weighted by molar-refractivity contribution is -0.132. The van der Waals surface area contributed by atoms with Crippen molar-refractivity contribution < 1.29 is 33.1 Å². The van der Waals surface area contributed by atoms with Gasteiger partial charge < -0.3 is 30.4 Å². The number of amides is 4. The number of hydrogen-bond acceptors (Lipinski definition) is 6. The molecule has 4 amide bonds. The summed E-state index contributed by atoms with van der Waals surface area (Å²) in [6.07, 6.45) is 3.52. The van der Waals surface area contributed by atoms with Crippen LogP contribution in [-0.4, -0.2) is 60.6 Å². The van der Waals surface area contributed by atoms with Crippen LogP contribution in [0.1, 0.15) is 133 Å².